The van der Waals surface area contributed by atoms with Crippen LogP contribution in [0.25, 0.3) is 0 Å². The molecular formula is C20H30N4O3+2. The van der Waals surface area contributed by atoms with Crippen LogP contribution < -0.4 is 20.4 Å². The van der Waals surface area contributed by atoms with E-state index in [1.54, 1.807) is 0 Å². The van der Waals surface area contributed by atoms with Gasteiger partial charge in [0.1, 0.15) is 32.7 Å². The minimum Gasteiger partial charge on any atom is -0.466 e. The maximum Gasteiger partial charge on any atom is 0.338 e. The largest absolute Gasteiger partial charge is 0.466 e. The molecule has 0 bridgehead atoms. The van der Waals surface area contributed by atoms with Crippen LogP contribution in [0.5, 0.6) is 0 Å². The van der Waals surface area contributed by atoms with Crippen LogP contribution in [-0.2, 0) is 9.53 Å². The first-order chi connectivity index (χ1) is 12.9. The number of quaternary nitrogens is 2. The molecule has 0 aromatic heterocycles. The predicted octanol–water partition coefficient (Wildman–Crippen LogP) is -1.50. The number of benzene rings is 1. The highest BCUT2D eigenvalue weighted by Crippen LogP contribution is 2.29. The van der Waals surface area contributed by atoms with Crippen LogP contribution in [0, 0.1) is 13.8 Å². The van der Waals surface area contributed by atoms with Crippen molar-refractivity contribution in [3.8, 4) is 0 Å². The van der Waals surface area contributed by atoms with Crippen molar-refractivity contribution in [2.75, 3.05) is 46.9 Å². The molecular weight excluding hydrogens is 344 g/mol. The zero-order valence-electron chi connectivity index (χ0n) is 16.6. The van der Waals surface area contributed by atoms with Gasteiger partial charge in [0.2, 0.25) is 0 Å². The quantitative estimate of drug-likeness (QED) is 0.485. The summed E-state index contributed by atoms with van der Waals surface area (Å²) in [6.45, 7) is 8.85. The van der Waals surface area contributed by atoms with E-state index in [0.717, 1.165) is 42.9 Å². The van der Waals surface area contributed by atoms with Gasteiger partial charge in [-0.2, -0.15) is 0 Å². The maximum absolute atomic E-state index is 12.7. The minimum absolute atomic E-state index is 0.276. The van der Waals surface area contributed by atoms with Crippen LogP contribution >= 0.6 is 0 Å². The lowest BCUT2D eigenvalue weighted by molar-refractivity contribution is -1.00. The Morgan fingerprint density at radius 3 is 2.56 bits per heavy atom. The Bertz CT molecular complexity index is 766. The summed E-state index contributed by atoms with van der Waals surface area (Å²) in [5.74, 6) is -0.401. The number of urea groups is 1. The zero-order chi connectivity index (χ0) is 19.6. The van der Waals surface area contributed by atoms with Crippen molar-refractivity contribution in [1.82, 2.24) is 10.6 Å². The van der Waals surface area contributed by atoms with E-state index in [4.69, 9.17) is 4.74 Å². The van der Waals surface area contributed by atoms with Gasteiger partial charge in [-0.1, -0.05) is 23.8 Å². The highest BCUT2D eigenvalue weighted by molar-refractivity contribution is 5.95. The second-order valence-corrected chi connectivity index (χ2v) is 7.66. The van der Waals surface area contributed by atoms with E-state index in [0.29, 0.717) is 17.8 Å². The van der Waals surface area contributed by atoms with Crippen molar-refractivity contribution < 1.29 is 24.1 Å². The minimum atomic E-state index is -0.501. The Kier molecular flexibility index (Phi) is 5.82. The normalized spacial score (nSPS) is 25.6. The van der Waals surface area contributed by atoms with Crippen molar-refractivity contribution in [2.24, 2.45) is 0 Å². The van der Waals surface area contributed by atoms with Gasteiger partial charge in [0.05, 0.1) is 31.5 Å². The SMILES string of the molecule is COC(=O)C1=C(C[NH+]2CC[NH+](C)CC2)NC(=O)N[C@@H]1c1ccc(C)cc1C. The summed E-state index contributed by atoms with van der Waals surface area (Å²) < 4.78 is 5.08. The fourth-order valence-electron chi connectivity index (χ4n) is 3.95. The van der Waals surface area contributed by atoms with Crippen molar-refractivity contribution in [3.05, 3.63) is 46.2 Å². The summed E-state index contributed by atoms with van der Waals surface area (Å²) in [6, 6.07) is 5.26. The number of carbonyl (C=O) groups is 2. The van der Waals surface area contributed by atoms with Crippen molar-refractivity contribution >= 4 is 12.0 Å². The highest BCUT2D eigenvalue weighted by atomic mass is 16.5. The molecule has 27 heavy (non-hydrogen) atoms. The summed E-state index contributed by atoms with van der Waals surface area (Å²) in [5.41, 5.74) is 4.28. The van der Waals surface area contributed by atoms with E-state index in [1.165, 1.54) is 16.9 Å². The molecule has 2 heterocycles. The fourth-order valence-corrected chi connectivity index (χ4v) is 3.95. The molecule has 0 spiro atoms. The van der Waals surface area contributed by atoms with Crippen LogP contribution in [-0.4, -0.2) is 58.9 Å². The van der Waals surface area contributed by atoms with E-state index in [2.05, 4.69) is 23.7 Å². The molecule has 1 aromatic rings. The van der Waals surface area contributed by atoms with Crippen LogP contribution in [0.15, 0.2) is 29.5 Å². The van der Waals surface area contributed by atoms with Crippen molar-refractivity contribution in [2.45, 2.75) is 19.9 Å². The first kappa shape index (κ1) is 19.4. The van der Waals surface area contributed by atoms with Gasteiger partial charge in [-0.25, -0.2) is 9.59 Å². The second kappa shape index (κ2) is 8.10. The standard InChI is InChI=1S/C20H28N4O3/c1-13-5-6-15(14(2)11-13)18-17(19(25)27-4)16(21-20(26)22-18)12-24-9-7-23(3)8-10-24/h5-6,11,18H,7-10,12H2,1-4H3,(H2,21,22,26)/p+2/t18-/m1/s1. The molecule has 2 aliphatic rings. The summed E-state index contributed by atoms with van der Waals surface area (Å²) in [5, 5.41) is 5.78. The van der Waals surface area contributed by atoms with Crippen LogP contribution in [0.4, 0.5) is 4.79 Å². The number of carbonyl (C=O) groups excluding carboxylic acids is 2. The van der Waals surface area contributed by atoms with Gasteiger partial charge in [-0.3, -0.25) is 0 Å². The highest BCUT2D eigenvalue weighted by Gasteiger charge is 2.36. The number of piperazine rings is 1. The molecule has 1 saturated heterocycles. The van der Waals surface area contributed by atoms with Crippen molar-refractivity contribution in [1.29, 1.82) is 0 Å². The first-order valence-corrected chi connectivity index (χ1v) is 9.50. The van der Waals surface area contributed by atoms with E-state index in [-0.39, 0.29) is 6.03 Å². The number of nitrogens with one attached hydrogen (secondary N) is 4. The molecule has 0 saturated carbocycles. The number of likely N-dealkylation sites (N-methyl/N-ethyl adjacent to an activating group) is 1. The van der Waals surface area contributed by atoms with Gasteiger partial charge >= 0.3 is 12.0 Å². The number of aryl methyl sites for hydroxylation is 2. The number of ether oxygens (including phenoxy) is 1. The average molecular weight is 374 g/mol. The molecule has 0 radical (unpaired) electrons. The molecule has 4 N–H and O–H groups in total. The molecule has 7 nitrogen and oxygen atoms in total. The summed E-state index contributed by atoms with van der Waals surface area (Å²) in [7, 11) is 3.58. The molecule has 1 fully saturated rings. The third-order valence-corrected chi connectivity index (χ3v) is 5.53. The number of methoxy groups -OCH3 is 1. The number of hydrogen-bond acceptors (Lipinski definition) is 3. The predicted molar refractivity (Wildman–Crippen MR) is 102 cm³/mol. The molecule has 0 aliphatic carbocycles. The van der Waals surface area contributed by atoms with Crippen molar-refractivity contribution in [3.63, 3.8) is 0 Å². The average Bonchev–Trinajstić information content (AvgIpc) is 2.62. The van der Waals surface area contributed by atoms with Crippen LogP contribution in [0.2, 0.25) is 0 Å². The van der Waals surface area contributed by atoms with Gasteiger partial charge in [-0.15, -0.1) is 0 Å². The monoisotopic (exact) mass is 374 g/mol. The molecule has 2 amide bonds. The van der Waals surface area contributed by atoms with E-state index in [1.807, 2.05) is 26.0 Å². The Morgan fingerprint density at radius 2 is 1.93 bits per heavy atom. The number of esters is 1. The van der Waals surface area contributed by atoms with Gasteiger partial charge < -0.3 is 25.2 Å². The van der Waals surface area contributed by atoms with Crippen LogP contribution in [0.3, 0.4) is 0 Å². The fraction of sp³-hybridized carbons (Fsp3) is 0.500. The topological polar surface area (TPSA) is 76.3 Å². The lowest BCUT2D eigenvalue weighted by atomic mass is 9.91. The lowest BCUT2D eigenvalue weighted by Crippen LogP contribution is -3.27. The summed E-state index contributed by atoms with van der Waals surface area (Å²) in [4.78, 5) is 27.9. The molecule has 3 rings (SSSR count). The summed E-state index contributed by atoms with van der Waals surface area (Å²) >= 11 is 0. The second-order valence-electron chi connectivity index (χ2n) is 7.66. The van der Waals surface area contributed by atoms with Gasteiger partial charge in [-0.05, 0) is 25.0 Å². The van der Waals surface area contributed by atoms with E-state index < -0.39 is 12.0 Å². The Hall–Kier alpha value is -2.38. The van der Waals surface area contributed by atoms with Gasteiger partial charge in [0, 0.05) is 0 Å². The van der Waals surface area contributed by atoms with E-state index in [9.17, 15) is 9.59 Å². The Morgan fingerprint density at radius 1 is 1.22 bits per heavy atom. The summed E-state index contributed by atoms with van der Waals surface area (Å²) in [6.07, 6.45) is 0. The molecule has 0 unspecified atom stereocenters. The molecule has 7 heteroatoms. The Labute approximate surface area is 160 Å². The van der Waals surface area contributed by atoms with Gasteiger partial charge in [0.15, 0.2) is 0 Å². The number of amides is 2. The first-order valence-electron chi connectivity index (χ1n) is 9.50. The zero-order valence-corrected chi connectivity index (χ0v) is 16.6. The smallest absolute Gasteiger partial charge is 0.338 e. The third kappa shape index (κ3) is 4.31. The van der Waals surface area contributed by atoms with Gasteiger partial charge in [0.25, 0.3) is 0 Å². The molecule has 146 valence electrons. The third-order valence-electron chi connectivity index (χ3n) is 5.53. The molecule has 1 aromatic carbocycles. The number of hydrogen-bond donors (Lipinski definition) is 4. The molecule has 2 aliphatic heterocycles. The Balaban J connectivity index is 1.98. The number of rotatable bonds is 4. The van der Waals surface area contributed by atoms with Crippen LogP contribution in [0.1, 0.15) is 22.7 Å². The van der Waals surface area contributed by atoms with E-state index >= 15 is 0 Å². The molecule has 1 atom stereocenters. The lowest BCUT2D eigenvalue weighted by Gasteiger charge is -2.33. The maximum atomic E-state index is 12.7.